The molecule has 36 heavy (non-hydrogen) atoms. The van der Waals surface area contributed by atoms with Gasteiger partial charge in [-0.05, 0) is 29.8 Å². The lowest BCUT2D eigenvalue weighted by atomic mass is 10.1. The number of fused-ring (bicyclic) bond motifs is 1. The molecule has 0 spiro atoms. The van der Waals surface area contributed by atoms with Gasteiger partial charge in [-0.3, -0.25) is 4.90 Å². The Balaban J connectivity index is 0.00000361. The van der Waals surface area contributed by atoms with Crippen molar-refractivity contribution in [1.29, 1.82) is 0 Å². The van der Waals surface area contributed by atoms with E-state index in [4.69, 9.17) is 18.9 Å². The van der Waals surface area contributed by atoms with Crippen molar-refractivity contribution < 1.29 is 32.5 Å². The van der Waals surface area contributed by atoms with Gasteiger partial charge in [-0.15, -0.1) is 16.8 Å². The number of hydrogen-bond acceptors (Lipinski definition) is 10. The zero-order chi connectivity index (χ0) is 25.0. The molecule has 2 aliphatic rings. The van der Waals surface area contributed by atoms with E-state index in [1.54, 1.807) is 29.4 Å². The first kappa shape index (κ1) is 27.5. The lowest BCUT2D eigenvalue weighted by Gasteiger charge is -2.28. The third kappa shape index (κ3) is 5.84. The summed E-state index contributed by atoms with van der Waals surface area (Å²) < 4.78 is 51.3. The number of halogens is 1. The molecule has 2 aliphatic heterocycles. The molecule has 0 unspecified atom stereocenters. The summed E-state index contributed by atoms with van der Waals surface area (Å²) in [5.41, 5.74) is 1.00. The smallest absolute Gasteiger partial charge is 0.288 e. The Hall–Kier alpha value is -3.06. The molecule has 2 aromatic rings. The fraction of sp³-hybridized carbons (Fsp3) is 0.391. The molecule has 1 saturated heterocycles. The topological polar surface area (TPSA) is 122 Å². The number of ether oxygens (including phenoxy) is 4. The standard InChI is InChI=1S/C23H28N4O7S.ClH/c1-31-17-13-18-22(21(14-17)33-3)35(29,30)25-23(18)27(7-6-26-8-10-34-11-9-26)24-15-16-4-5-19(28)20(12-16)32-2;/h4-5,12-15,28H,6-11H2,1-3H3;1H. The largest absolute Gasteiger partial charge is 0.504 e. The van der Waals surface area contributed by atoms with E-state index < -0.39 is 10.0 Å². The van der Waals surface area contributed by atoms with Crippen LogP contribution in [0.4, 0.5) is 0 Å². The van der Waals surface area contributed by atoms with Crippen molar-refractivity contribution in [3.8, 4) is 23.0 Å². The average Bonchev–Trinajstić information content (AvgIpc) is 3.15. The van der Waals surface area contributed by atoms with Gasteiger partial charge in [0.1, 0.15) is 16.4 Å². The minimum Gasteiger partial charge on any atom is -0.504 e. The van der Waals surface area contributed by atoms with Crippen LogP contribution in [0.5, 0.6) is 23.0 Å². The fourth-order valence-corrected chi connectivity index (χ4v) is 5.20. The summed E-state index contributed by atoms with van der Waals surface area (Å²) in [6, 6.07) is 7.93. The molecule has 0 aromatic heterocycles. The van der Waals surface area contributed by atoms with Crippen LogP contribution in [0.3, 0.4) is 0 Å². The first-order valence-electron chi connectivity index (χ1n) is 11.0. The van der Waals surface area contributed by atoms with Crippen molar-refractivity contribution in [2.75, 3.05) is 60.7 Å². The van der Waals surface area contributed by atoms with Crippen LogP contribution in [-0.2, 0) is 14.8 Å². The number of nitrogens with zero attached hydrogens (tertiary/aromatic N) is 4. The number of amidine groups is 1. The number of hydrazone groups is 1. The van der Waals surface area contributed by atoms with Crippen LogP contribution in [0.25, 0.3) is 0 Å². The Morgan fingerprint density at radius 3 is 2.50 bits per heavy atom. The number of rotatable bonds is 8. The van der Waals surface area contributed by atoms with Gasteiger partial charge in [0.15, 0.2) is 17.3 Å². The molecule has 0 amide bonds. The third-order valence-electron chi connectivity index (χ3n) is 5.72. The zero-order valence-corrected chi connectivity index (χ0v) is 21.8. The predicted octanol–water partition coefficient (Wildman–Crippen LogP) is 1.96. The van der Waals surface area contributed by atoms with Crippen LogP contribution in [0.2, 0.25) is 0 Å². The Kier molecular flexibility index (Phi) is 9.01. The van der Waals surface area contributed by atoms with Crippen LogP contribution < -0.4 is 14.2 Å². The molecule has 0 bridgehead atoms. The van der Waals surface area contributed by atoms with Crippen LogP contribution in [0.1, 0.15) is 11.1 Å². The van der Waals surface area contributed by atoms with E-state index in [1.165, 1.54) is 33.5 Å². The molecule has 0 atom stereocenters. The molecule has 13 heteroatoms. The fourth-order valence-electron chi connectivity index (χ4n) is 3.86. The second-order valence-corrected chi connectivity index (χ2v) is 9.39. The van der Waals surface area contributed by atoms with Crippen molar-refractivity contribution in [3.05, 3.63) is 41.5 Å². The maximum Gasteiger partial charge on any atom is 0.288 e. The number of phenolic OH excluding ortho intramolecular Hbond substituents is 1. The Morgan fingerprint density at radius 1 is 1.11 bits per heavy atom. The first-order valence-corrected chi connectivity index (χ1v) is 12.4. The van der Waals surface area contributed by atoms with Crippen LogP contribution in [-0.4, -0.2) is 96.2 Å². The van der Waals surface area contributed by atoms with Gasteiger partial charge in [-0.2, -0.15) is 13.5 Å². The third-order valence-corrected chi connectivity index (χ3v) is 7.07. The van der Waals surface area contributed by atoms with E-state index in [1.807, 2.05) is 0 Å². The highest BCUT2D eigenvalue weighted by molar-refractivity contribution is 7.90. The molecule has 1 N–H and O–H groups in total. The van der Waals surface area contributed by atoms with E-state index in [9.17, 15) is 13.5 Å². The number of sulfonamides is 1. The van der Waals surface area contributed by atoms with Gasteiger partial charge in [-0.25, -0.2) is 5.01 Å². The number of phenols is 1. The predicted molar refractivity (Wildman–Crippen MR) is 137 cm³/mol. The molecule has 1 fully saturated rings. The molecular formula is C23H29ClN4O7S. The van der Waals surface area contributed by atoms with Crippen molar-refractivity contribution in [1.82, 2.24) is 9.91 Å². The van der Waals surface area contributed by atoms with Crippen molar-refractivity contribution >= 4 is 34.5 Å². The molecule has 2 aromatic carbocycles. The maximum absolute atomic E-state index is 13.0. The average molecular weight is 541 g/mol. The van der Waals surface area contributed by atoms with E-state index >= 15 is 0 Å². The molecule has 4 rings (SSSR count). The zero-order valence-electron chi connectivity index (χ0n) is 20.2. The summed E-state index contributed by atoms with van der Waals surface area (Å²) in [7, 11) is 0.346. The lowest BCUT2D eigenvalue weighted by molar-refractivity contribution is 0.0360. The Bertz CT molecular complexity index is 1250. The molecule has 0 aliphatic carbocycles. The first-order chi connectivity index (χ1) is 16.9. The molecule has 196 valence electrons. The minimum atomic E-state index is -4.00. The number of aromatic hydroxyl groups is 1. The van der Waals surface area contributed by atoms with E-state index in [-0.39, 0.29) is 34.6 Å². The van der Waals surface area contributed by atoms with Gasteiger partial charge in [0.05, 0.1) is 47.3 Å². The van der Waals surface area contributed by atoms with E-state index in [0.717, 1.165) is 13.1 Å². The molecule has 2 heterocycles. The Labute approximate surface area is 216 Å². The van der Waals surface area contributed by atoms with Crippen LogP contribution in [0, 0.1) is 0 Å². The summed E-state index contributed by atoms with van der Waals surface area (Å²) in [4.78, 5) is 2.20. The van der Waals surface area contributed by atoms with E-state index in [0.29, 0.717) is 48.9 Å². The summed E-state index contributed by atoms with van der Waals surface area (Å²) in [6.07, 6.45) is 1.56. The minimum absolute atomic E-state index is 0. The number of hydrogen-bond donors (Lipinski definition) is 1. The normalized spacial score (nSPS) is 16.7. The molecule has 0 radical (unpaired) electrons. The van der Waals surface area contributed by atoms with Gasteiger partial charge in [0.25, 0.3) is 10.0 Å². The van der Waals surface area contributed by atoms with Crippen molar-refractivity contribution in [3.63, 3.8) is 0 Å². The highest BCUT2D eigenvalue weighted by Gasteiger charge is 2.36. The van der Waals surface area contributed by atoms with Gasteiger partial charge in [0, 0.05) is 31.3 Å². The Morgan fingerprint density at radius 2 is 1.83 bits per heavy atom. The molecule has 11 nitrogen and oxygen atoms in total. The summed E-state index contributed by atoms with van der Waals surface area (Å²) in [5, 5.41) is 16.0. The quantitative estimate of drug-likeness (QED) is 0.395. The van der Waals surface area contributed by atoms with E-state index in [2.05, 4.69) is 14.4 Å². The summed E-state index contributed by atoms with van der Waals surface area (Å²) in [6.45, 7) is 3.83. The summed E-state index contributed by atoms with van der Waals surface area (Å²) >= 11 is 0. The SMILES string of the molecule is COc1cc(OC)c2c(c1)C(N(CCN1CCOCC1)N=Cc1ccc(O)c(OC)c1)=NS2(=O)=O.Cl. The summed E-state index contributed by atoms with van der Waals surface area (Å²) in [5.74, 6) is 1.07. The number of benzene rings is 2. The van der Waals surface area contributed by atoms with Crippen LogP contribution in [0.15, 0.2) is 44.7 Å². The van der Waals surface area contributed by atoms with Crippen molar-refractivity contribution in [2.45, 2.75) is 4.90 Å². The molecular weight excluding hydrogens is 512 g/mol. The number of methoxy groups -OCH3 is 3. The highest BCUT2D eigenvalue weighted by Crippen LogP contribution is 2.39. The highest BCUT2D eigenvalue weighted by atomic mass is 35.5. The second-order valence-electron chi connectivity index (χ2n) is 7.85. The lowest BCUT2D eigenvalue weighted by Crippen LogP contribution is -2.41. The second kappa shape index (κ2) is 11.8. The number of morpholine rings is 1. The van der Waals surface area contributed by atoms with Crippen LogP contribution >= 0.6 is 12.4 Å². The van der Waals surface area contributed by atoms with Gasteiger partial charge < -0.3 is 24.1 Å². The van der Waals surface area contributed by atoms with Crippen molar-refractivity contribution in [2.24, 2.45) is 9.50 Å². The molecule has 0 saturated carbocycles. The van der Waals surface area contributed by atoms with Gasteiger partial charge in [0.2, 0.25) is 0 Å². The monoisotopic (exact) mass is 540 g/mol. The van der Waals surface area contributed by atoms with Gasteiger partial charge >= 0.3 is 0 Å². The van der Waals surface area contributed by atoms with Gasteiger partial charge in [-0.1, -0.05) is 0 Å². The maximum atomic E-state index is 13.0.